The summed E-state index contributed by atoms with van der Waals surface area (Å²) in [4.78, 5) is 22.9. The Balaban J connectivity index is 2.62. The zero-order valence-corrected chi connectivity index (χ0v) is 10.1. The van der Waals surface area contributed by atoms with Crippen molar-refractivity contribution >= 4 is 11.8 Å². The highest BCUT2D eigenvalue weighted by atomic mass is 16.4. The average molecular weight is 234 g/mol. The molecule has 3 heteroatoms. The number of Topliss-reactive ketones (excluding diaryl/α,β-unsaturated/α-hetero) is 1. The number of unbranched alkanes of at least 4 members (excludes halogenated alkanes) is 1. The lowest BCUT2D eigenvalue weighted by molar-refractivity contribution is -0.146. The molecule has 0 aliphatic rings. The van der Waals surface area contributed by atoms with Crippen LogP contribution in [0.5, 0.6) is 0 Å². The van der Waals surface area contributed by atoms with Gasteiger partial charge in [0.25, 0.3) is 0 Å². The molecule has 0 heterocycles. The van der Waals surface area contributed by atoms with Crippen LogP contribution in [-0.4, -0.2) is 16.9 Å². The van der Waals surface area contributed by atoms with Crippen molar-refractivity contribution < 1.29 is 14.7 Å². The van der Waals surface area contributed by atoms with Gasteiger partial charge in [-0.15, -0.1) is 0 Å². The Labute approximate surface area is 101 Å². The highest BCUT2D eigenvalue weighted by molar-refractivity contribution is 5.99. The van der Waals surface area contributed by atoms with Gasteiger partial charge in [0.2, 0.25) is 0 Å². The third-order valence-corrected chi connectivity index (χ3v) is 2.75. The number of carboxylic acids is 1. The zero-order chi connectivity index (χ0) is 12.7. The molecule has 0 saturated heterocycles. The number of carbonyl (C=O) groups is 2. The van der Waals surface area contributed by atoms with Gasteiger partial charge in [0.05, 0.1) is 0 Å². The Morgan fingerprint density at radius 3 is 2.41 bits per heavy atom. The highest BCUT2D eigenvalue weighted by Gasteiger charge is 2.25. The quantitative estimate of drug-likeness (QED) is 0.738. The van der Waals surface area contributed by atoms with Crippen LogP contribution in [0.3, 0.4) is 0 Å². The summed E-state index contributed by atoms with van der Waals surface area (Å²) in [5.41, 5.74) is 0.875. The minimum Gasteiger partial charge on any atom is -0.481 e. The minimum atomic E-state index is -1.00. The second-order valence-corrected chi connectivity index (χ2v) is 4.16. The number of aliphatic carboxylic acids is 1. The maximum Gasteiger partial charge on any atom is 0.314 e. The van der Waals surface area contributed by atoms with Crippen molar-refractivity contribution in [3.63, 3.8) is 0 Å². The van der Waals surface area contributed by atoms with Crippen LogP contribution in [0.2, 0.25) is 0 Å². The molecular formula is C14H18O3. The maximum absolute atomic E-state index is 11.9. The Morgan fingerprint density at radius 1 is 1.24 bits per heavy atom. The molecule has 17 heavy (non-hydrogen) atoms. The van der Waals surface area contributed by atoms with E-state index in [2.05, 4.69) is 0 Å². The number of hydrogen-bond acceptors (Lipinski definition) is 2. The lowest BCUT2D eigenvalue weighted by Crippen LogP contribution is -2.25. The van der Waals surface area contributed by atoms with Gasteiger partial charge in [0.15, 0.2) is 5.78 Å². The molecule has 0 bridgehead atoms. The second-order valence-electron chi connectivity index (χ2n) is 4.16. The van der Waals surface area contributed by atoms with Crippen LogP contribution < -0.4 is 0 Å². The van der Waals surface area contributed by atoms with E-state index in [0.717, 1.165) is 18.4 Å². The zero-order valence-electron chi connectivity index (χ0n) is 10.1. The molecule has 3 nitrogen and oxygen atoms in total. The second kappa shape index (κ2) is 6.84. The van der Waals surface area contributed by atoms with Gasteiger partial charge in [-0.1, -0.05) is 50.1 Å². The van der Waals surface area contributed by atoms with E-state index in [4.69, 9.17) is 5.11 Å². The molecule has 1 aromatic carbocycles. The fraction of sp³-hybridized carbons (Fsp3) is 0.429. The SMILES string of the molecule is CCCCC(C(=O)O)C(=O)Cc1ccccc1. The first-order valence-corrected chi connectivity index (χ1v) is 5.94. The molecule has 1 unspecified atom stereocenters. The van der Waals surface area contributed by atoms with E-state index >= 15 is 0 Å². The lowest BCUT2D eigenvalue weighted by atomic mass is 9.93. The van der Waals surface area contributed by atoms with E-state index < -0.39 is 11.9 Å². The number of ketones is 1. The highest BCUT2D eigenvalue weighted by Crippen LogP contribution is 2.13. The van der Waals surface area contributed by atoms with Crippen LogP contribution in [0.25, 0.3) is 0 Å². The van der Waals surface area contributed by atoms with Crippen molar-refractivity contribution in [2.75, 3.05) is 0 Å². The van der Waals surface area contributed by atoms with Crippen molar-refractivity contribution in [1.82, 2.24) is 0 Å². The van der Waals surface area contributed by atoms with Gasteiger partial charge in [0.1, 0.15) is 5.92 Å². The van der Waals surface area contributed by atoms with Crippen LogP contribution in [0, 0.1) is 5.92 Å². The normalized spacial score (nSPS) is 12.1. The monoisotopic (exact) mass is 234 g/mol. The van der Waals surface area contributed by atoms with Crippen LogP contribution in [0.15, 0.2) is 30.3 Å². The average Bonchev–Trinajstić information content (AvgIpc) is 2.30. The Morgan fingerprint density at radius 2 is 1.88 bits per heavy atom. The van der Waals surface area contributed by atoms with Gasteiger partial charge >= 0.3 is 5.97 Å². The van der Waals surface area contributed by atoms with Crippen molar-refractivity contribution in [3.8, 4) is 0 Å². The third kappa shape index (κ3) is 4.39. The largest absolute Gasteiger partial charge is 0.481 e. The first kappa shape index (κ1) is 13.4. The van der Waals surface area contributed by atoms with Gasteiger partial charge in [-0.05, 0) is 12.0 Å². The molecule has 1 N–H and O–H groups in total. The molecule has 1 rings (SSSR count). The predicted octanol–water partition coefficient (Wildman–Crippen LogP) is 2.69. The molecule has 0 saturated carbocycles. The Kier molecular flexibility index (Phi) is 5.40. The van der Waals surface area contributed by atoms with E-state index in [1.54, 1.807) is 0 Å². The van der Waals surface area contributed by atoms with E-state index in [0.29, 0.717) is 6.42 Å². The van der Waals surface area contributed by atoms with Crippen LogP contribution in [0.4, 0.5) is 0 Å². The summed E-state index contributed by atoms with van der Waals surface area (Å²) in [5.74, 6) is -2.05. The topological polar surface area (TPSA) is 54.4 Å². The minimum absolute atomic E-state index is 0.197. The van der Waals surface area contributed by atoms with Crippen LogP contribution >= 0.6 is 0 Å². The summed E-state index contributed by atoms with van der Waals surface area (Å²) < 4.78 is 0. The van der Waals surface area contributed by atoms with Crippen LogP contribution in [0.1, 0.15) is 31.7 Å². The van der Waals surface area contributed by atoms with Gasteiger partial charge in [0, 0.05) is 6.42 Å². The van der Waals surface area contributed by atoms with E-state index in [1.165, 1.54) is 0 Å². The van der Waals surface area contributed by atoms with Gasteiger partial charge < -0.3 is 5.11 Å². The third-order valence-electron chi connectivity index (χ3n) is 2.75. The summed E-state index contributed by atoms with van der Waals surface area (Å²) >= 11 is 0. The smallest absolute Gasteiger partial charge is 0.314 e. The predicted molar refractivity (Wildman–Crippen MR) is 65.8 cm³/mol. The van der Waals surface area contributed by atoms with E-state index in [9.17, 15) is 9.59 Å². The molecule has 0 spiro atoms. The molecule has 92 valence electrons. The van der Waals surface area contributed by atoms with Gasteiger partial charge in [-0.2, -0.15) is 0 Å². The summed E-state index contributed by atoms with van der Waals surface area (Å²) in [6.07, 6.45) is 2.33. The molecule has 0 amide bonds. The molecule has 0 radical (unpaired) electrons. The maximum atomic E-state index is 11.9. The molecule has 0 aliphatic heterocycles. The van der Waals surface area contributed by atoms with Crippen molar-refractivity contribution in [3.05, 3.63) is 35.9 Å². The van der Waals surface area contributed by atoms with Crippen LogP contribution in [-0.2, 0) is 16.0 Å². The molecule has 1 aromatic rings. The molecule has 0 aromatic heterocycles. The first-order valence-electron chi connectivity index (χ1n) is 5.94. The van der Waals surface area contributed by atoms with E-state index in [-0.39, 0.29) is 12.2 Å². The number of benzene rings is 1. The number of carbonyl (C=O) groups excluding carboxylic acids is 1. The Bertz CT molecular complexity index is 370. The van der Waals surface area contributed by atoms with Gasteiger partial charge in [-0.25, -0.2) is 0 Å². The fourth-order valence-corrected chi connectivity index (χ4v) is 1.75. The van der Waals surface area contributed by atoms with Crippen molar-refractivity contribution in [1.29, 1.82) is 0 Å². The lowest BCUT2D eigenvalue weighted by Gasteiger charge is -2.10. The first-order chi connectivity index (χ1) is 8.15. The molecule has 0 aliphatic carbocycles. The van der Waals surface area contributed by atoms with E-state index in [1.807, 2.05) is 37.3 Å². The number of hydrogen-bond donors (Lipinski definition) is 1. The molecule has 0 fully saturated rings. The van der Waals surface area contributed by atoms with Crippen molar-refractivity contribution in [2.45, 2.75) is 32.6 Å². The number of carboxylic acid groups (broad SMARTS) is 1. The Hall–Kier alpha value is -1.64. The molecule has 1 atom stereocenters. The standard InChI is InChI=1S/C14H18O3/c1-2-3-9-12(14(16)17)13(15)10-11-7-5-4-6-8-11/h4-8,12H,2-3,9-10H2,1H3,(H,16,17). The van der Waals surface area contributed by atoms with Gasteiger partial charge in [-0.3, -0.25) is 9.59 Å². The number of rotatable bonds is 7. The van der Waals surface area contributed by atoms with Crippen molar-refractivity contribution in [2.24, 2.45) is 5.92 Å². The summed E-state index contributed by atoms with van der Waals surface area (Å²) in [7, 11) is 0. The summed E-state index contributed by atoms with van der Waals surface area (Å²) in [5, 5.41) is 9.03. The molecular weight excluding hydrogens is 216 g/mol. The summed E-state index contributed by atoms with van der Waals surface area (Å²) in [6, 6.07) is 9.27. The summed E-state index contributed by atoms with van der Waals surface area (Å²) in [6.45, 7) is 1.99. The fourth-order valence-electron chi connectivity index (χ4n) is 1.75.